The number of likely N-dealkylation sites (N-methyl/N-ethyl adjacent to an activating group) is 1. The van der Waals surface area contributed by atoms with Crippen LogP contribution >= 0.6 is 23.1 Å². The number of thioether (sulfide) groups is 1. The van der Waals surface area contributed by atoms with Gasteiger partial charge in [-0.3, -0.25) is 4.79 Å². The Hall–Kier alpha value is -1.53. The van der Waals surface area contributed by atoms with E-state index >= 15 is 0 Å². The number of thiazole rings is 1. The van der Waals surface area contributed by atoms with Crippen molar-refractivity contribution in [1.82, 2.24) is 9.88 Å². The van der Waals surface area contributed by atoms with Crippen LogP contribution in [0.3, 0.4) is 0 Å². The topological polar surface area (TPSA) is 59.2 Å². The monoisotopic (exact) mass is 321 g/mol. The summed E-state index contributed by atoms with van der Waals surface area (Å²) in [7, 11) is 3.52. The molecule has 1 heterocycles. The highest BCUT2D eigenvalue weighted by molar-refractivity contribution is 7.98. The first-order valence-electron chi connectivity index (χ1n) is 6.58. The van der Waals surface area contributed by atoms with E-state index in [0.29, 0.717) is 6.42 Å². The maximum atomic E-state index is 11.7. The first-order chi connectivity index (χ1) is 9.97. The molecule has 1 aromatic heterocycles. The lowest BCUT2D eigenvalue weighted by Gasteiger charge is -2.08. The van der Waals surface area contributed by atoms with E-state index in [1.807, 2.05) is 24.4 Å². The predicted octanol–water partition coefficient (Wildman–Crippen LogP) is 2.96. The number of carbonyl (C=O) groups is 1. The minimum absolute atomic E-state index is 0.0789. The smallest absolute Gasteiger partial charge is 0.228 e. The van der Waals surface area contributed by atoms with E-state index < -0.39 is 0 Å². The van der Waals surface area contributed by atoms with E-state index in [1.165, 1.54) is 4.90 Å². The number of hydrogen-bond donors (Lipinski definition) is 1. The van der Waals surface area contributed by atoms with Gasteiger partial charge in [0.25, 0.3) is 0 Å². The standard InChI is InChI=1S/C15H19N3OS2/c1-10-12(16)5-4-6-13(10)20-8-11-9-21-14(17-11)7-15(19)18(2)3/h4-6,9H,7-8,16H2,1-3H3. The molecule has 2 N–H and O–H groups in total. The van der Waals surface area contributed by atoms with E-state index in [4.69, 9.17) is 5.73 Å². The second-order valence-corrected chi connectivity index (χ2v) is 6.92. The molecule has 4 nitrogen and oxygen atoms in total. The Morgan fingerprint density at radius 3 is 2.90 bits per heavy atom. The molecule has 2 aromatic rings. The zero-order valence-electron chi connectivity index (χ0n) is 12.4. The van der Waals surface area contributed by atoms with Crippen LogP contribution in [0.5, 0.6) is 0 Å². The summed E-state index contributed by atoms with van der Waals surface area (Å²) >= 11 is 3.26. The fraction of sp³-hybridized carbons (Fsp3) is 0.333. The van der Waals surface area contributed by atoms with Crippen molar-refractivity contribution in [3.63, 3.8) is 0 Å². The number of hydrogen-bond acceptors (Lipinski definition) is 5. The van der Waals surface area contributed by atoms with Crippen LogP contribution < -0.4 is 5.73 Å². The first-order valence-corrected chi connectivity index (χ1v) is 8.45. The maximum absolute atomic E-state index is 11.7. The molecule has 2 rings (SSSR count). The van der Waals surface area contributed by atoms with Crippen LogP contribution in [0.25, 0.3) is 0 Å². The number of benzene rings is 1. The number of aromatic nitrogens is 1. The summed E-state index contributed by atoms with van der Waals surface area (Å²) in [4.78, 5) is 18.9. The van der Waals surface area contributed by atoms with Crippen LogP contribution in [0.15, 0.2) is 28.5 Å². The summed E-state index contributed by atoms with van der Waals surface area (Å²) in [5.74, 6) is 0.868. The van der Waals surface area contributed by atoms with Gasteiger partial charge in [-0.15, -0.1) is 23.1 Å². The van der Waals surface area contributed by atoms with Crippen molar-refractivity contribution in [3.05, 3.63) is 39.8 Å². The molecular formula is C15H19N3OS2. The van der Waals surface area contributed by atoms with Crippen molar-refractivity contribution in [2.24, 2.45) is 0 Å². The second kappa shape index (κ2) is 6.95. The van der Waals surface area contributed by atoms with Crippen LogP contribution in [0.2, 0.25) is 0 Å². The molecule has 0 aliphatic carbocycles. The van der Waals surface area contributed by atoms with Crippen molar-refractivity contribution in [2.45, 2.75) is 24.0 Å². The van der Waals surface area contributed by atoms with Gasteiger partial charge in [0.15, 0.2) is 0 Å². The number of amides is 1. The molecule has 1 amide bonds. The van der Waals surface area contributed by atoms with Gasteiger partial charge in [0.05, 0.1) is 12.1 Å². The van der Waals surface area contributed by atoms with Gasteiger partial charge in [-0.05, 0) is 24.6 Å². The van der Waals surface area contributed by atoms with Gasteiger partial charge < -0.3 is 10.6 Å². The highest BCUT2D eigenvalue weighted by atomic mass is 32.2. The summed E-state index contributed by atoms with van der Waals surface area (Å²) in [6, 6.07) is 5.94. The number of nitrogen functional groups attached to an aromatic ring is 1. The maximum Gasteiger partial charge on any atom is 0.228 e. The summed E-state index contributed by atoms with van der Waals surface area (Å²) in [5, 5.41) is 2.89. The van der Waals surface area contributed by atoms with Crippen molar-refractivity contribution in [3.8, 4) is 0 Å². The van der Waals surface area contributed by atoms with Gasteiger partial charge in [0.2, 0.25) is 5.91 Å². The highest BCUT2D eigenvalue weighted by Gasteiger charge is 2.10. The lowest BCUT2D eigenvalue weighted by molar-refractivity contribution is -0.127. The van der Waals surface area contributed by atoms with Gasteiger partial charge in [-0.25, -0.2) is 4.98 Å². The molecule has 0 unspecified atom stereocenters. The van der Waals surface area contributed by atoms with Crippen molar-refractivity contribution in [1.29, 1.82) is 0 Å². The molecule has 1 aromatic carbocycles. The minimum Gasteiger partial charge on any atom is -0.398 e. The molecule has 0 aliphatic rings. The Morgan fingerprint density at radius 1 is 1.43 bits per heavy atom. The Morgan fingerprint density at radius 2 is 2.19 bits per heavy atom. The Labute approximate surface area is 133 Å². The molecule has 0 aliphatic heterocycles. The summed E-state index contributed by atoms with van der Waals surface area (Å²) in [6.07, 6.45) is 0.375. The third kappa shape index (κ3) is 4.22. The average Bonchev–Trinajstić information content (AvgIpc) is 2.88. The number of rotatable bonds is 5. The Bertz CT molecular complexity index is 638. The van der Waals surface area contributed by atoms with Gasteiger partial charge >= 0.3 is 0 Å². The molecule has 0 bridgehead atoms. The van der Waals surface area contributed by atoms with Crippen LogP contribution in [-0.4, -0.2) is 29.9 Å². The quantitative estimate of drug-likeness (QED) is 0.679. The summed E-state index contributed by atoms with van der Waals surface area (Å²) in [5.41, 5.74) is 8.84. The zero-order chi connectivity index (χ0) is 15.4. The van der Waals surface area contributed by atoms with Crippen molar-refractivity contribution >= 4 is 34.7 Å². The van der Waals surface area contributed by atoms with Gasteiger partial charge in [-0.2, -0.15) is 0 Å². The fourth-order valence-electron chi connectivity index (χ4n) is 1.72. The largest absolute Gasteiger partial charge is 0.398 e. The van der Waals surface area contributed by atoms with Gasteiger partial charge in [0.1, 0.15) is 5.01 Å². The van der Waals surface area contributed by atoms with Crippen LogP contribution in [0.1, 0.15) is 16.3 Å². The fourth-order valence-corrected chi connectivity index (χ4v) is 3.57. The van der Waals surface area contributed by atoms with Crippen LogP contribution in [0, 0.1) is 6.92 Å². The molecule has 6 heteroatoms. The summed E-state index contributed by atoms with van der Waals surface area (Å²) in [6.45, 7) is 2.03. The summed E-state index contributed by atoms with van der Waals surface area (Å²) < 4.78 is 0. The molecular weight excluding hydrogens is 302 g/mol. The van der Waals surface area contributed by atoms with Gasteiger partial charge in [0, 0.05) is 35.8 Å². The van der Waals surface area contributed by atoms with E-state index in [1.54, 1.807) is 42.1 Å². The Kier molecular flexibility index (Phi) is 5.25. The van der Waals surface area contributed by atoms with E-state index in [9.17, 15) is 4.79 Å². The molecule has 0 saturated heterocycles. The molecule has 0 atom stereocenters. The average molecular weight is 321 g/mol. The second-order valence-electron chi connectivity index (χ2n) is 4.96. The predicted molar refractivity (Wildman–Crippen MR) is 89.7 cm³/mol. The van der Waals surface area contributed by atoms with Gasteiger partial charge in [-0.1, -0.05) is 6.07 Å². The third-order valence-corrected chi connectivity index (χ3v) is 5.19. The molecule has 0 saturated carbocycles. The third-order valence-electron chi connectivity index (χ3n) is 3.10. The van der Waals surface area contributed by atoms with Crippen LogP contribution in [0.4, 0.5) is 5.69 Å². The van der Waals surface area contributed by atoms with Crippen molar-refractivity contribution in [2.75, 3.05) is 19.8 Å². The van der Waals surface area contributed by atoms with Crippen molar-refractivity contribution < 1.29 is 4.79 Å². The minimum atomic E-state index is 0.0789. The van der Waals surface area contributed by atoms with Crippen LogP contribution in [-0.2, 0) is 17.0 Å². The normalized spacial score (nSPS) is 10.6. The molecule has 112 valence electrons. The number of nitrogens with two attached hydrogens (primary N) is 1. The highest BCUT2D eigenvalue weighted by Crippen LogP contribution is 2.29. The number of carbonyl (C=O) groups excluding carboxylic acids is 1. The Balaban J connectivity index is 1.97. The SMILES string of the molecule is Cc1c(N)cccc1SCc1csc(CC(=O)N(C)C)n1. The van der Waals surface area contributed by atoms with E-state index in [0.717, 1.165) is 27.7 Å². The lowest BCUT2D eigenvalue weighted by atomic mass is 10.2. The lowest BCUT2D eigenvalue weighted by Crippen LogP contribution is -2.23. The zero-order valence-corrected chi connectivity index (χ0v) is 14.1. The molecule has 0 spiro atoms. The number of nitrogens with zero attached hydrogens (tertiary/aromatic N) is 2. The molecule has 0 fully saturated rings. The van der Waals surface area contributed by atoms with E-state index in [-0.39, 0.29) is 5.91 Å². The first kappa shape index (κ1) is 15.9. The molecule has 0 radical (unpaired) electrons. The molecule has 21 heavy (non-hydrogen) atoms. The number of anilines is 1. The van der Waals surface area contributed by atoms with E-state index in [2.05, 4.69) is 11.1 Å².